The van der Waals surface area contributed by atoms with Crippen molar-refractivity contribution in [3.05, 3.63) is 82.9 Å². The fraction of sp³-hybridized carbons (Fsp3) is 0.160. The van der Waals surface area contributed by atoms with Gasteiger partial charge in [-0.2, -0.15) is 5.10 Å². The highest BCUT2D eigenvalue weighted by Gasteiger charge is 2.11. The number of aromatic nitrogens is 2. The van der Waals surface area contributed by atoms with Gasteiger partial charge in [0.15, 0.2) is 0 Å². The molecule has 0 saturated heterocycles. The summed E-state index contributed by atoms with van der Waals surface area (Å²) in [5, 5.41) is 4.67. The number of fused-ring (bicyclic) bond motifs is 1. The van der Waals surface area contributed by atoms with Gasteiger partial charge in [-0.15, -0.1) is 0 Å². The highest BCUT2D eigenvalue weighted by Crippen LogP contribution is 2.27. The van der Waals surface area contributed by atoms with Crippen molar-refractivity contribution in [2.24, 2.45) is 11.0 Å². The number of benzene rings is 3. The molecule has 0 aliphatic rings. The summed E-state index contributed by atoms with van der Waals surface area (Å²) in [7, 11) is 0. The number of ether oxygens (including phenoxy) is 1. The molecule has 0 spiro atoms. The van der Waals surface area contributed by atoms with E-state index in [0.29, 0.717) is 28.9 Å². The van der Waals surface area contributed by atoms with Crippen LogP contribution in [-0.4, -0.2) is 28.7 Å². The van der Waals surface area contributed by atoms with Gasteiger partial charge < -0.3 is 9.72 Å². The average Bonchev–Trinajstić information content (AvgIpc) is 3.22. The zero-order valence-electron chi connectivity index (χ0n) is 17.8. The number of nitrogens with one attached hydrogen (secondary N) is 2. The topological polar surface area (TPSA) is 79.4 Å². The molecule has 3 aromatic carbocycles. The number of imidazole rings is 1. The number of rotatable bonds is 7. The molecule has 4 rings (SSSR count). The minimum Gasteiger partial charge on any atom is -0.493 e. The summed E-state index contributed by atoms with van der Waals surface area (Å²) >= 11 is 6.27. The molecule has 0 aliphatic heterocycles. The van der Waals surface area contributed by atoms with Crippen LogP contribution in [0.3, 0.4) is 0 Å². The lowest BCUT2D eigenvalue weighted by molar-refractivity contribution is 0.0955. The lowest BCUT2D eigenvalue weighted by atomic mass is 10.2. The third-order valence-corrected chi connectivity index (χ3v) is 5.05. The molecule has 0 bridgehead atoms. The number of amides is 1. The first-order chi connectivity index (χ1) is 15.5. The Labute approximate surface area is 191 Å². The number of carbonyl (C=O) groups excluding carboxylic acids is 1. The highest BCUT2D eigenvalue weighted by atomic mass is 35.5. The summed E-state index contributed by atoms with van der Waals surface area (Å²) in [6, 6.07) is 20.3. The zero-order chi connectivity index (χ0) is 22.5. The van der Waals surface area contributed by atoms with Gasteiger partial charge >= 0.3 is 0 Å². The van der Waals surface area contributed by atoms with E-state index in [-0.39, 0.29) is 5.91 Å². The number of hydrazone groups is 1. The summed E-state index contributed by atoms with van der Waals surface area (Å²) in [5.74, 6) is 1.62. The molecule has 0 radical (unpaired) electrons. The van der Waals surface area contributed by atoms with Crippen molar-refractivity contribution in [3.8, 4) is 17.1 Å². The molecule has 2 N–H and O–H groups in total. The van der Waals surface area contributed by atoms with Crippen LogP contribution in [0.4, 0.5) is 0 Å². The third-order valence-electron chi connectivity index (χ3n) is 4.72. The molecule has 162 valence electrons. The van der Waals surface area contributed by atoms with E-state index < -0.39 is 0 Å². The minimum absolute atomic E-state index is 0.311. The van der Waals surface area contributed by atoms with Crippen molar-refractivity contribution in [2.75, 3.05) is 6.61 Å². The Kier molecular flexibility index (Phi) is 6.52. The van der Waals surface area contributed by atoms with Crippen LogP contribution in [0.25, 0.3) is 22.4 Å². The number of aromatic amines is 1. The third kappa shape index (κ3) is 5.15. The Morgan fingerprint density at radius 3 is 2.69 bits per heavy atom. The highest BCUT2D eigenvalue weighted by molar-refractivity contribution is 6.33. The normalized spacial score (nSPS) is 11.4. The van der Waals surface area contributed by atoms with Crippen LogP contribution in [0.15, 0.2) is 71.8 Å². The summed E-state index contributed by atoms with van der Waals surface area (Å²) in [4.78, 5) is 20.3. The maximum atomic E-state index is 12.5. The molecule has 1 heterocycles. The van der Waals surface area contributed by atoms with Gasteiger partial charge in [-0.3, -0.25) is 4.79 Å². The van der Waals surface area contributed by atoms with Crippen molar-refractivity contribution in [3.63, 3.8) is 0 Å². The summed E-state index contributed by atoms with van der Waals surface area (Å²) in [5.41, 5.74) is 6.19. The number of H-pyrrole nitrogens is 1. The zero-order valence-corrected chi connectivity index (χ0v) is 18.6. The number of hydrogen-bond acceptors (Lipinski definition) is 4. The van der Waals surface area contributed by atoms with Gasteiger partial charge in [-0.1, -0.05) is 37.6 Å². The van der Waals surface area contributed by atoms with Crippen LogP contribution in [0, 0.1) is 5.92 Å². The van der Waals surface area contributed by atoms with Gasteiger partial charge in [0.1, 0.15) is 11.6 Å². The first-order valence-electron chi connectivity index (χ1n) is 10.3. The molecule has 0 atom stereocenters. The van der Waals surface area contributed by atoms with Gasteiger partial charge in [-0.25, -0.2) is 10.4 Å². The monoisotopic (exact) mass is 446 g/mol. The van der Waals surface area contributed by atoms with E-state index in [1.165, 1.54) is 0 Å². The Morgan fingerprint density at radius 1 is 1.16 bits per heavy atom. The van der Waals surface area contributed by atoms with E-state index in [1.807, 2.05) is 48.5 Å². The average molecular weight is 447 g/mol. The first kappa shape index (κ1) is 21.6. The van der Waals surface area contributed by atoms with Crippen LogP contribution in [-0.2, 0) is 0 Å². The molecular weight excluding hydrogens is 424 g/mol. The van der Waals surface area contributed by atoms with Crippen molar-refractivity contribution in [1.29, 1.82) is 0 Å². The van der Waals surface area contributed by atoms with Crippen LogP contribution in [0.5, 0.6) is 5.75 Å². The lowest BCUT2D eigenvalue weighted by Gasteiger charge is -2.08. The molecule has 0 fully saturated rings. The van der Waals surface area contributed by atoms with Crippen LogP contribution in [0.1, 0.15) is 29.8 Å². The second-order valence-corrected chi connectivity index (χ2v) is 8.18. The van der Waals surface area contributed by atoms with E-state index in [0.717, 1.165) is 27.9 Å². The SMILES string of the molecule is CC(C)COc1ccc(/C=N/NC(=O)c2ccc3nc(-c4ccccc4Cl)[nH]c3c2)cc1. The second kappa shape index (κ2) is 9.66. The number of carbonyl (C=O) groups is 1. The molecule has 7 heteroatoms. The fourth-order valence-corrected chi connectivity index (χ4v) is 3.30. The van der Waals surface area contributed by atoms with Gasteiger partial charge in [-0.05, 0) is 66.1 Å². The van der Waals surface area contributed by atoms with Gasteiger partial charge in [0.25, 0.3) is 5.91 Å². The molecular formula is C25H23ClN4O2. The van der Waals surface area contributed by atoms with Gasteiger partial charge in [0.2, 0.25) is 0 Å². The smallest absolute Gasteiger partial charge is 0.271 e. The van der Waals surface area contributed by atoms with Crippen molar-refractivity contribution in [1.82, 2.24) is 15.4 Å². The Morgan fingerprint density at radius 2 is 1.94 bits per heavy atom. The standard InChI is InChI=1S/C25H23ClN4O2/c1-16(2)15-32-19-10-7-17(8-11-19)14-27-30-25(31)18-9-12-22-23(13-18)29-24(28-22)20-5-3-4-6-21(20)26/h3-14,16H,15H2,1-2H3,(H,28,29)(H,30,31)/b27-14+. The molecule has 0 aliphatic carbocycles. The molecule has 4 aromatic rings. The minimum atomic E-state index is -0.311. The molecule has 1 aromatic heterocycles. The number of halogens is 1. The van der Waals surface area contributed by atoms with Crippen LogP contribution in [0.2, 0.25) is 5.02 Å². The summed E-state index contributed by atoms with van der Waals surface area (Å²) in [6.07, 6.45) is 1.59. The first-order valence-corrected chi connectivity index (χ1v) is 10.7. The molecule has 1 amide bonds. The Hall–Kier alpha value is -3.64. The van der Waals surface area contributed by atoms with E-state index in [9.17, 15) is 4.79 Å². The predicted octanol–water partition coefficient (Wildman–Crippen LogP) is 5.68. The lowest BCUT2D eigenvalue weighted by Crippen LogP contribution is -2.17. The van der Waals surface area contributed by atoms with Crippen LogP contribution < -0.4 is 10.2 Å². The number of hydrogen-bond donors (Lipinski definition) is 2. The van der Waals surface area contributed by atoms with E-state index in [4.69, 9.17) is 16.3 Å². The van der Waals surface area contributed by atoms with Crippen LogP contribution >= 0.6 is 11.6 Å². The molecule has 32 heavy (non-hydrogen) atoms. The van der Waals surface area contributed by atoms with Crippen molar-refractivity contribution >= 4 is 34.8 Å². The number of nitrogens with zero attached hydrogens (tertiary/aromatic N) is 2. The Balaban J connectivity index is 1.42. The predicted molar refractivity (Wildman–Crippen MR) is 128 cm³/mol. The summed E-state index contributed by atoms with van der Waals surface area (Å²) in [6.45, 7) is 4.88. The van der Waals surface area contributed by atoms with E-state index in [2.05, 4.69) is 34.3 Å². The van der Waals surface area contributed by atoms with E-state index >= 15 is 0 Å². The van der Waals surface area contributed by atoms with Crippen molar-refractivity contribution < 1.29 is 9.53 Å². The van der Waals surface area contributed by atoms with E-state index in [1.54, 1.807) is 24.4 Å². The Bertz CT molecular complexity index is 1260. The second-order valence-electron chi connectivity index (χ2n) is 7.77. The maximum Gasteiger partial charge on any atom is 0.271 e. The molecule has 0 saturated carbocycles. The van der Waals surface area contributed by atoms with Gasteiger partial charge in [0, 0.05) is 11.1 Å². The summed E-state index contributed by atoms with van der Waals surface area (Å²) < 4.78 is 5.66. The fourth-order valence-electron chi connectivity index (χ4n) is 3.07. The molecule has 0 unspecified atom stereocenters. The van der Waals surface area contributed by atoms with Crippen molar-refractivity contribution in [2.45, 2.75) is 13.8 Å². The van der Waals surface area contributed by atoms with Gasteiger partial charge in [0.05, 0.1) is 28.9 Å². The quantitative estimate of drug-likeness (QED) is 0.283. The molecule has 6 nitrogen and oxygen atoms in total. The largest absolute Gasteiger partial charge is 0.493 e. The maximum absolute atomic E-state index is 12.5.